The molecular weight excluding hydrogens is 313 g/mol. The summed E-state index contributed by atoms with van der Waals surface area (Å²) in [6.45, 7) is 0. The van der Waals surface area contributed by atoms with Crippen LogP contribution >= 0.6 is 33.9 Å². The molecule has 1 atom stereocenters. The molecule has 2 aromatic heterocycles. The van der Waals surface area contributed by atoms with Crippen LogP contribution < -0.4 is 0 Å². The van der Waals surface area contributed by atoms with Gasteiger partial charge in [0, 0.05) is 18.0 Å². The van der Waals surface area contributed by atoms with Gasteiger partial charge in [-0.2, -0.15) is 5.10 Å². The topological polar surface area (TPSA) is 50.9 Å². The summed E-state index contributed by atoms with van der Waals surface area (Å²) in [5.74, 6) is 0. The zero-order valence-corrected chi connectivity index (χ0v) is 10.4. The summed E-state index contributed by atoms with van der Waals surface area (Å²) in [5.41, 5.74) is 3.20. The van der Waals surface area contributed by atoms with Crippen LogP contribution in [0.2, 0.25) is 0 Å². The number of aliphatic hydroxyl groups is 1. The summed E-state index contributed by atoms with van der Waals surface area (Å²) in [4.78, 5) is 4.07. The molecule has 1 N–H and O–H groups in total. The van der Waals surface area contributed by atoms with Gasteiger partial charge in [0.05, 0.1) is 17.4 Å². The van der Waals surface area contributed by atoms with E-state index in [1.54, 1.807) is 16.4 Å². The maximum atomic E-state index is 9.96. The average molecular weight is 321 g/mol. The summed E-state index contributed by atoms with van der Waals surface area (Å²) in [6.07, 6.45) is 1.01. The zero-order valence-electron chi connectivity index (χ0n) is 7.38. The van der Waals surface area contributed by atoms with Crippen molar-refractivity contribution < 1.29 is 5.11 Å². The lowest BCUT2D eigenvalue weighted by Gasteiger charge is -2.05. The number of aromatic nitrogens is 3. The minimum atomic E-state index is -0.665. The Hall–Kier alpha value is -0.470. The second kappa shape index (κ2) is 3.95. The fraction of sp³-hybridized carbons (Fsp3) is 0.250. The van der Waals surface area contributed by atoms with Crippen molar-refractivity contribution in [3.63, 3.8) is 0 Å². The Bertz CT molecular complexity index is 426. The van der Waals surface area contributed by atoms with E-state index in [0.29, 0.717) is 5.69 Å². The largest absolute Gasteiger partial charge is 0.382 e. The van der Waals surface area contributed by atoms with E-state index < -0.39 is 6.10 Å². The van der Waals surface area contributed by atoms with Crippen LogP contribution in [0, 0.1) is 3.70 Å². The van der Waals surface area contributed by atoms with Crippen molar-refractivity contribution in [3.05, 3.63) is 32.0 Å². The van der Waals surface area contributed by atoms with Crippen LogP contribution in [0.25, 0.3) is 0 Å². The molecule has 0 aliphatic carbocycles. The number of aliphatic hydroxyl groups excluding tert-OH is 1. The lowest BCUT2D eigenvalue weighted by Crippen LogP contribution is -2.02. The van der Waals surface area contributed by atoms with Crippen molar-refractivity contribution in [1.29, 1.82) is 0 Å². The van der Waals surface area contributed by atoms with Gasteiger partial charge in [-0.25, -0.2) is 4.98 Å². The van der Waals surface area contributed by atoms with Gasteiger partial charge < -0.3 is 5.11 Å². The molecule has 0 saturated carbocycles. The Balaban J connectivity index is 2.36. The van der Waals surface area contributed by atoms with Gasteiger partial charge in [0.1, 0.15) is 9.80 Å². The van der Waals surface area contributed by atoms with Gasteiger partial charge in [0.2, 0.25) is 0 Å². The Morgan fingerprint density at radius 1 is 1.64 bits per heavy atom. The lowest BCUT2D eigenvalue weighted by molar-refractivity contribution is 0.215. The predicted octanol–water partition coefficient (Wildman–Crippen LogP) is 1.56. The fourth-order valence-electron chi connectivity index (χ4n) is 1.14. The first-order valence-corrected chi connectivity index (χ1v) is 5.96. The third-order valence-corrected chi connectivity index (χ3v) is 3.84. The van der Waals surface area contributed by atoms with E-state index in [-0.39, 0.29) is 0 Å². The van der Waals surface area contributed by atoms with Crippen molar-refractivity contribution in [1.82, 2.24) is 14.8 Å². The SMILES string of the molecule is Cn1ncc(C(O)c2cscn2)c1I. The minimum absolute atomic E-state index is 0.665. The standard InChI is InChI=1S/C8H8IN3OS/c1-12-8(9)5(2-11-12)7(13)6-3-14-4-10-6/h2-4,7,13H,1H3. The zero-order chi connectivity index (χ0) is 10.1. The molecule has 6 heteroatoms. The maximum absolute atomic E-state index is 9.96. The average Bonchev–Trinajstić information content (AvgIpc) is 2.77. The highest BCUT2D eigenvalue weighted by Gasteiger charge is 2.17. The number of halogens is 1. The minimum Gasteiger partial charge on any atom is -0.382 e. The smallest absolute Gasteiger partial charge is 0.126 e. The molecule has 2 aromatic rings. The summed E-state index contributed by atoms with van der Waals surface area (Å²) in [6, 6.07) is 0. The van der Waals surface area contributed by atoms with Crippen LogP contribution in [0.1, 0.15) is 17.4 Å². The molecule has 2 heterocycles. The summed E-state index contributed by atoms with van der Waals surface area (Å²) in [5, 5.41) is 15.9. The monoisotopic (exact) mass is 321 g/mol. The number of hydrogen-bond acceptors (Lipinski definition) is 4. The maximum Gasteiger partial charge on any atom is 0.126 e. The van der Waals surface area contributed by atoms with Crippen LogP contribution in [0.3, 0.4) is 0 Å². The third-order valence-electron chi connectivity index (χ3n) is 1.92. The number of thiazole rings is 1. The lowest BCUT2D eigenvalue weighted by atomic mass is 10.2. The van der Waals surface area contributed by atoms with Crippen LogP contribution in [-0.4, -0.2) is 19.9 Å². The quantitative estimate of drug-likeness (QED) is 0.854. The van der Waals surface area contributed by atoms with Crippen LogP contribution in [0.15, 0.2) is 17.1 Å². The van der Waals surface area contributed by atoms with E-state index in [1.165, 1.54) is 11.3 Å². The highest BCUT2D eigenvalue weighted by Crippen LogP contribution is 2.25. The van der Waals surface area contributed by atoms with E-state index in [0.717, 1.165) is 9.26 Å². The van der Waals surface area contributed by atoms with E-state index >= 15 is 0 Å². The first-order valence-electron chi connectivity index (χ1n) is 3.93. The van der Waals surface area contributed by atoms with Crippen molar-refractivity contribution in [2.24, 2.45) is 7.05 Å². The molecule has 0 radical (unpaired) electrons. The molecule has 0 aliphatic rings. The Labute approximate surface area is 98.7 Å². The van der Waals surface area contributed by atoms with E-state index in [1.807, 2.05) is 12.4 Å². The number of nitrogens with zero attached hydrogens (tertiary/aromatic N) is 3. The van der Waals surface area contributed by atoms with Crippen LogP contribution in [-0.2, 0) is 7.05 Å². The van der Waals surface area contributed by atoms with Crippen molar-refractivity contribution in [2.45, 2.75) is 6.10 Å². The molecule has 74 valence electrons. The van der Waals surface area contributed by atoms with Crippen molar-refractivity contribution >= 4 is 33.9 Å². The second-order valence-corrected chi connectivity index (χ2v) is 4.57. The summed E-state index contributed by atoms with van der Waals surface area (Å²) in [7, 11) is 1.85. The van der Waals surface area contributed by atoms with Gasteiger partial charge in [0.15, 0.2) is 0 Å². The number of rotatable bonds is 2. The van der Waals surface area contributed by atoms with Gasteiger partial charge in [-0.3, -0.25) is 4.68 Å². The molecule has 4 nitrogen and oxygen atoms in total. The molecule has 0 bridgehead atoms. The van der Waals surface area contributed by atoms with Crippen LogP contribution in [0.5, 0.6) is 0 Å². The van der Waals surface area contributed by atoms with Crippen molar-refractivity contribution in [3.8, 4) is 0 Å². The van der Waals surface area contributed by atoms with Crippen molar-refractivity contribution in [2.75, 3.05) is 0 Å². The van der Waals surface area contributed by atoms with Crippen LogP contribution in [0.4, 0.5) is 0 Å². The first-order chi connectivity index (χ1) is 6.70. The summed E-state index contributed by atoms with van der Waals surface area (Å²) < 4.78 is 2.66. The Morgan fingerprint density at radius 2 is 2.43 bits per heavy atom. The molecule has 2 rings (SSSR count). The van der Waals surface area contributed by atoms with Gasteiger partial charge >= 0.3 is 0 Å². The molecule has 0 spiro atoms. The normalized spacial score (nSPS) is 13.1. The van der Waals surface area contributed by atoms with Gasteiger partial charge in [-0.05, 0) is 22.6 Å². The molecule has 0 fully saturated rings. The highest BCUT2D eigenvalue weighted by molar-refractivity contribution is 14.1. The molecule has 0 aliphatic heterocycles. The number of aryl methyl sites for hydroxylation is 1. The summed E-state index contributed by atoms with van der Waals surface area (Å²) >= 11 is 3.63. The molecule has 1 unspecified atom stereocenters. The molecular formula is C8H8IN3OS. The van der Waals surface area contributed by atoms with E-state index in [9.17, 15) is 5.11 Å². The molecule has 14 heavy (non-hydrogen) atoms. The molecule has 0 saturated heterocycles. The Morgan fingerprint density at radius 3 is 2.93 bits per heavy atom. The highest BCUT2D eigenvalue weighted by atomic mass is 127. The third kappa shape index (κ3) is 1.69. The second-order valence-electron chi connectivity index (χ2n) is 2.83. The van der Waals surface area contributed by atoms with E-state index in [2.05, 4.69) is 32.7 Å². The fourth-order valence-corrected chi connectivity index (χ4v) is 2.27. The van der Waals surface area contributed by atoms with E-state index in [4.69, 9.17) is 0 Å². The van der Waals surface area contributed by atoms with Gasteiger partial charge in [-0.15, -0.1) is 11.3 Å². The molecule has 0 aromatic carbocycles. The Kier molecular flexibility index (Phi) is 2.84. The van der Waals surface area contributed by atoms with Gasteiger partial charge in [0.25, 0.3) is 0 Å². The number of hydrogen-bond donors (Lipinski definition) is 1. The first kappa shape index (κ1) is 10.1. The predicted molar refractivity (Wildman–Crippen MR) is 62.1 cm³/mol. The molecule has 0 amide bonds. The van der Waals surface area contributed by atoms with Gasteiger partial charge in [-0.1, -0.05) is 0 Å².